The predicted molar refractivity (Wildman–Crippen MR) is 131 cm³/mol. The molecule has 0 fully saturated rings. The van der Waals surface area contributed by atoms with E-state index in [-0.39, 0.29) is 54.2 Å². The van der Waals surface area contributed by atoms with Crippen LogP contribution in [-0.4, -0.2) is 60.8 Å². The lowest BCUT2D eigenvalue weighted by molar-refractivity contribution is -0.265. The molecule has 3 N–H and O–H groups in total. The van der Waals surface area contributed by atoms with Gasteiger partial charge in [-0.1, -0.05) is 6.92 Å². The third-order valence-corrected chi connectivity index (χ3v) is 6.30. The van der Waals surface area contributed by atoms with E-state index in [1.54, 1.807) is 6.92 Å². The molecule has 0 bridgehead atoms. The Hall–Kier alpha value is -3.90. The van der Waals surface area contributed by atoms with Crippen LogP contribution in [-0.2, 0) is 5.60 Å². The Morgan fingerprint density at radius 3 is 2.51 bits per heavy atom. The molecule has 8 nitrogen and oxygen atoms in total. The predicted octanol–water partition coefficient (Wildman–Crippen LogP) is 3.94. The summed E-state index contributed by atoms with van der Waals surface area (Å²) < 4.78 is 72.8. The fourth-order valence-electron chi connectivity index (χ4n) is 4.11. The third-order valence-electron chi connectivity index (χ3n) is 6.30. The first-order valence-corrected chi connectivity index (χ1v) is 11.9. The van der Waals surface area contributed by atoms with Gasteiger partial charge in [0, 0.05) is 22.6 Å². The molecule has 0 saturated heterocycles. The number of aliphatic hydroxyl groups is 2. The molecule has 0 saturated carbocycles. The van der Waals surface area contributed by atoms with Crippen LogP contribution in [0.15, 0.2) is 48.5 Å². The number of amides is 1. The van der Waals surface area contributed by atoms with Gasteiger partial charge in [-0.3, -0.25) is 4.79 Å². The zero-order valence-electron chi connectivity index (χ0n) is 21.0. The molecule has 1 aromatic heterocycles. The van der Waals surface area contributed by atoms with Gasteiger partial charge in [0.05, 0.1) is 32.6 Å². The first-order chi connectivity index (χ1) is 18.5. The lowest BCUT2D eigenvalue weighted by atomic mass is 9.92. The number of aromatic nitrogens is 1. The van der Waals surface area contributed by atoms with E-state index in [0.29, 0.717) is 11.1 Å². The molecule has 39 heavy (non-hydrogen) atoms. The fourth-order valence-corrected chi connectivity index (χ4v) is 4.11. The Labute approximate surface area is 221 Å². The van der Waals surface area contributed by atoms with Gasteiger partial charge >= 0.3 is 6.18 Å². The Kier molecular flexibility index (Phi) is 7.98. The van der Waals surface area contributed by atoms with E-state index in [0.717, 1.165) is 18.2 Å². The van der Waals surface area contributed by atoms with Gasteiger partial charge in [0.1, 0.15) is 23.9 Å². The monoisotopic (exact) mass is 550 g/mol. The van der Waals surface area contributed by atoms with Gasteiger partial charge in [-0.25, -0.2) is 9.37 Å². The van der Waals surface area contributed by atoms with Crippen LogP contribution < -0.4 is 19.5 Å². The minimum Gasteiger partial charge on any atom is -0.493 e. The van der Waals surface area contributed by atoms with Crippen molar-refractivity contribution in [1.82, 2.24) is 10.3 Å². The minimum absolute atomic E-state index is 0.0176. The second-order valence-electron chi connectivity index (χ2n) is 8.97. The molecule has 2 heterocycles. The lowest BCUT2D eigenvalue weighted by Gasteiger charge is -2.31. The van der Waals surface area contributed by atoms with Crippen molar-refractivity contribution >= 4 is 5.91 Å². The first kappa shape index (κ1) is 28.1. The number of ether oxygens (including phenoxy) is 3. The summed E-state index contributed by atoms with van der Waals surface area (Å²) in [5.41, 5.74) is -3.64. The molecule has 1 amide bonds. The molecular weight excluding hydrogens is 524 g/mol. The van der Waals surface area contributed by atoms with Crippen LogP contribution in [0.3, 0.4) is 0 Å². The number of alkyl halides is 3. The number of nitrogens with zero attached hydrogens (tertiary/aromatic N) is 1. The highest BCUT2D eigenvalue weighted by molar-refractivity contribution is 5.95. The van der Waals surface area contributed by atoms with Crippen molar-refractivity contribution in [3.05, 3.63) is 71.2 Å². The van der Waals surface area contributed by atoms with Crippen LogP contribution in [0.25, 0.3) is 11.3 Å². The number of carbonyl (C=O) groups excluding carboxylic acids is 1. The molecule has 4 rings (SSSR count). The Balaban J connectivity index is 1.68. The van der Waals surface area contributed by atoms with Crippen molar-refractivity contribution in [3.8, 4) is 28.5 Å². The van der Waals surface area contributed by atoms with Crippen molar-refractivity contribution in [2.45, 2.75) is 24.6 Å². The van der Waals surface area contributed by atoms with Gasteiger partial charge in [0.2, 0.25) is 5.60 Å². The first-order valence-electron chi connectivity index (χ1n) is 11.9. The zero-order valence-corrected chi connectivity index (χ0v) is 21.0. The van der Waals surface area contributed by atoms with Crippen molar-refractivity contribution in [2.75, 3.05) is 33.5 Å². The normalized spacial score (nSPS) is 16.2. The number of carbonyl (C=O) groups is 1. The summed E-state index contributed by atoms with van der Waals surface area (Å²) in [6, 6.07) is 10.0. The molecule has 2 atom stereocenters. The molecule has 3 aromatic rings. The SMILES string of the molecule is COc1cc(C(=O)NCC(O)(c2cc3c(c(-c4ccc(F)cc4)n2)OCC3C)C(F)(F)F)ccc1OCCO. The Bertz CT molecular complexity index is 1350. The van der Waals surface area contributed by atoms with Gasteiger partial charge in [-0.05, 0) is 48.5 Å². The second-order valence-corrected chi connectivity index (χ2v) is 8.97. The fraction of sp³-hybridized carbons (Fsp3) is 0.333. The number of halogens is 4. The van der Waals surface area contributed by atoms with Gasteiger partial charge < -0.3 is 29.7 Å². The molecule has 1 aliphatic heterocycles. The molecule has 1 aliphatic rings. The third kappa shape index (κ3) is 5.62. The Morgan fingerprint density at radius 2 is 1.87 bits per heavy atom. The van der Waals surface area contributed by atoms with Crippen molar-refractivity contribution in [2.24, 2.45) is 0 Å². The summed E-state index contributed by atoms with van der Waals surface area (Å²) >= 11 is 0. The number of rotatable bonds is 9. The Morgan fingerprint density at radius 1 is 1.15 bits per heavy atom. The molecule has 0 radical (unpaired) electrons. The van der Waals surface area contributed by atoms with Crippen LogP contribution in [0.4, 0.5) is 17.6 Å². The van der Waals surface area contributed by atoms with E-state index < -0.39 is 35.7 Å². The van der Waals surface area contributed by atoms with Gasteiger partial charge in [-0.2, -0.15) is 13.2 Å². The number of nitrogens with one attached hydrogen (secondary N) is 1. The van der Waals surface area contributed by atoms with E-state index in [1.165, 1.54) is 37.4 Å². The van der Waals surface area contributed by atoms with E-state index in [4.69, 9.17) is 19.3 Å². The van der Waals surface area contributed by atoms with E-state index >= 15 is 0 Å². The molecule has 208 valence electrons. The zero-order chi connectivity index (χ0) is 28.4. The van der Waals surface area contributed by atoms with Crippen LogP contribution >= 0.6 is 0 Å². The van der Waals surface area contributed by atoms with E-state index in [9.17, 15) is 27.5 Å². The lowest BCUT2D eigenvalue weighted by Crippen LogP contribution is -2.51. The minimum atomic E-state index is -5.23. The molecule has 0 aliphatic carbocycles. The average Bonchev–Trinajstić information content (AvgIpc) is 3.30. The van der Waals surface area contributed by atoms with Crippen LogP contribution in [0.1, 0.15) is 34.5 Å². The number of pyridine rings is 1. The van der Waals surface area contributed by atoms with Gasteiger partial charge in [0.15, 0.2) is 11.5 Å². The summed E-state index contributed by atoms with van der Waals surface area (Å²) in [7, 11) is 1.31. The number of benzene rings is 2. The number of hydrogen-bond acceptors (Lipinski definition) is 7. The smallest absolute Gasteiger partial charge is 0.424 e. The second kappa shape index (κ2) is 11.1. The highest BCUT2D eigenvalue weighted by Gasteiger charge is 2.57. The maximum atomic E-state index is 14.4. The molecule has 2 aromatic carbocycles. The topological polar surface area (TPSA) is 110 Å². The number of aliphatic hydroxyl groups excluding tert-OH is 1. The van der Waals surface area contributed by atoms with Gasteiger partial charge in [-0.15, -0.1) is 0 Å². The number of methoxy groups -OCH3 is 1. The maximum Gasteiger partial charge on any atom is 0.424 e. The van der Waals surface area contributed by atoms with Gasteiger partial charge in [0.25, 0.3) is 5.91 Å². The summed E-state index contributed by atoms with van der Waals surface area (Å²) in [4.78, 5) is 16.9. The van der Waals surface area contributed by atoms with Crippen LogP contribution in [0, 0.1) is 5.82 Å². The number of fused-ring (bicyclic) bond motifs is 1. The van der Waals surface area contributed by atoms with Crippen molar-refractivity contribution in [3.63, 3.8) is 0 Å². The molecular formula is C27H26F4N2O6. The summed E-state index contributed by atoms with van der Waals surface area (Å²) in [6.45, 7) is 0.406. The van der Waals surface area contributed by atoms with E-state index in [1.807, 2.05) is 0 Å². The highest BCUT2D eigenvalue weighted by atomic mass is 19.4. The summed E-state index contributed by atoms with van der Waals surface area (Å²) in [5, 5.41) is 22.1. The number of hydrogen-bond donors (Lipinski definition) is 3. The highest BCUT2D eigenvalue weighted by Crippen LogP contribution is 2.45. The average molecular weight is 551 g/mol. The van der Waals surface area contributed by atoms with Crippen molar-refractivity contribution < 1.29 is 46.8 Å². The van der Waals surface area contributed by atoms with Crippen molar-refractivity contribution in [1.29, 1.82) is 0 Å². The molecule has 12 heteroatoms. The van der Waals surface area contributed by atoms with Crippen LogP contribution in [0.2, 0.25) is 0 Å². The van der Waals surface area contributed by atoms with E-state index in [2.05, 4.69) is 10.3 Å². The largest absolute Gasteiger partial charge is 0.493 e. The standard InChI is InChI=1S/C27H26F4N2O6/c1-15-13-39-24-19(15)12-22(33-23(24)16-3-6-18(28)7-4-16)26(36,27(29,30)31)14-32-25(35)17-5-8-20(38-10-9-34)21(11-17)37-2/h3-8,11-12,15,34,36H,9-10,13-14H2,1-2H3,(H,32,35). The maximum absolute atomic E-state index is 14.4. The summed E-state index contributed by atoms with van der Waals surface area (Å²) in [6.07, 6.45) is -5.23. The summed E-state index contributed by atoms with van der Waals surface area (Å²) in [5.74, 6) is -1.15. The molecule has 0 spiro atoms. The quantitative estimate of drug-likeness (QED) is 0.346. The van der Waals surface area contributed by atoms with Crippen LogP contribution in [0.5, 0.6) is 17.2 Å². The molecule has 2 unspecified atom stereocenters.